The SMILES string of the molecule is COc1ccc(C[C@@H](C)N(CCc2ccccc2)C[C@H](O)c2ccc(OCc3ccccc3)c(NC=O)c2)cc1. The molecule has 208 valence electrons. The number of carbonyl (C=O) groups is 1. The predicted molar refractivity (Wildman–Crippen MR) is 160 cm³/mol. The van der Waals surface area contributed by atoms with Crippen molar-refractivity contribution < 1.29 is 19.4 Å². The molecular formula is C34H38N2O4. The Bertz CT molecular complexity index is 1310. The fraction of sp³-hybridized carbons (Fsp3) is 0.265. The number of benzene rings is 4. The van der Waals surface area contributed by atoms with Gasteiger partial charge in [0.15, 0.2) is 0 Å². The van der Waals surface area contributed by atoms with Crippen molar-refractivity contribution in [3.05, 3.63) is 125 Å². The van der Waals surface area contributed by atoms with E-state index in [0.29, 0.717) is 31.0 Å². The Morgan fingerprint density at radius 3 is 2.20 bits per heavy atom. The topological polar surface area (TPSA) is 71.0 Å². The zero-order chi connectivity index (χ0) is 28.2. The Kier molecular flexibility index (Phi) is 10.7. The van der Waals surface area contributed by atoms with Crippen molar-refractivity contribution in [2.75, 3.05) is 25.5 Å². The Hall–Kier alpha value is -4.13. The van der Waals surface area contributed by atoms with Crippen LogP contribution in [0.4, 0.5) is 5.69 Å². The number of aliphatic hydroxyl groups excluding tert-OH is 1. The van der Waals surface area contributed by atoms with Gasteiger partial charge in [0.05, 0.1) is 18.9 Å². The molecule has 0 unspecified atom stereocenters. The number of carbonyl (C=O) groups excluding carboxylic acids is 1. The van der Waals surface area contributed by atoms with Gasteiger partial charge in [-0.2, -0.15) is 0 Å². The second-order valence-corrected chi connectivity index (χ2v) is 9.94. The van der Waals surface area contributed by atoms with E-state index in [2.05, 4.69) is 53.5 Å². The fourth-order valence-electron chi connectivity index (χ4n) is 4.76. The number of nitrogens with zero attached hydrogens (tertiary/aromatic N) is 1. The summed E-state index contributed by atoms with van der Waals surface area (Å²) in [6, 6.07) is 34.0. The number of hydrogen-bond acceptors (Lipinski definition) is 5. The number of rotatable bonds is 15. The average Bonchev–Trinajstić information content (AvgIpc) is 3.00. The van der Waals surface area contributed by atoms with Crippen molar-refractivity contribution in [2.45, 2.75) is 38.5 Å². The lowest BCUT2D eigenvalue weighted by Crippen LogP contribution is -2.39. The van der Waals surface area contributed by atoms with Gasteiger partial charge in [0.1, 0.15) is 18.1 Å². The van der Waals surface area contributed by atoms with Crippen LogP contribution in [0.15, 0.2) is 103 Å². The second kappa shape index (κ2) is 14.9. The number of methoxy groups -OCH3 is 1. The molecule has 0 aliphatic heterocycles. The monoisotopic (exact) mass is 538 g/mol. The first-order valence-electron chi connectivity index (χ1n) is 13.7. The maximum absolute atomic E-state index is 11.3. The van der Waals surface area contributed by atoms with Gasteiger partial charge in [-0.25, -0.2) is 0 Å². The number of hydrogen-bond donors (Lipinski definition) is 2. The van der Waals surface area contributed by atoms with Gasteiger partial charge in [0, 0.05) is 19.1 Å². The molecule has 0 spiro atoms. The summed E-state index contributed by atoms with van der Waals surface area (Å²) in [6.45, 7) is 3.83. The highest BCUT2D eigenvalue weighted by molar-refractivity contribution is 5.76. The number of aliphatic hydroxyl groups is 1. The quantitative estimate of drug-likeness (QED) is 0.180. The molecule has 0 aliphatic carbocycles. The summed E-state index contributed by atoms with van der Waals surface area (Å²) in [5.41, 5.74) is 4.76. The van der Waals surface area contributed by atoms with E-state index in [-0.39, 0.29) is 6.04 Å². The van der Waals surface area contributed by atoms with E-state index in [4.69, 9.17) is 9.47 Å². The fourth-order valence-corrected chi connectivity index (χ4v) is 4.76. The Balaban J connectivity index is 1.48. The third kappa shape index (κ3) is 8.43. The Morgan fingerprint density at radius 2 is 1.55 bits per heavy atom. The molecule has 1 amide bonds. The summed E-state index contributed by atoms with van der Waals surface area (Å²) in [6.07, 6.45) is 1.61. The maximum Gasteiger partial charge on any atom is 0.211 e. The highest BCUT2D eigenvalue weighted by Gasteiger charge is 2.20. The van der Waals surface area contributed by atoms with Crippen LogP contribution in [0.5, 0.6) is 11.5 Å². The minimum Gasteiger partial charge on any atom is -0.497 e. The molecule has 0 aromatic heterocycles. The first kappa shape index (κ1) is 28.9. The van der Waals surface area contributed by atoms with Gasteiger partial charge in [0.25, 0.3) is 0 Å². The van der Waals surface area contributed by atoms with Gasteiger partial charge < -0.3 is 19.9 Å². The van der Waals surface area contributed by atoms with Gasteiger partial charge in [-0.15, -0.1) is 0 Å². The van der Waals surface area contributed by atoms with Crippen LogP contribution in [0.25, 0.3) is 0 Å². The molecule has 0 fully saturated rings. The van der Waals surface area contributed by atoms with Crippen LogP contribution in [0, 0.1) is 0 Å². The van der Waals surface area contributed by atoms with Crippen molar-refractivity contribution in [2.24, 2.45) is 0 Å². The van der Waals surface area contributed by atoms with Crippen LogP contribution in [0.3, 0.4) is 0 Å². The molecule has 6 nitrogen and oxygen atoms in total. The molecule has 6 heteroatoms. The molecule has 0 saturated carbocycles. The number of nitrogens with one attached hydrogen (secondary N) is 1. The van der Waals surface area contributed by atoms with Crippen LogP contribution >= 0.6 is 0 Å². The van der Waals surface area contributed by atoms with Crippen LogP contribution < -0.4 is 14.8 Å². The van der Waals surface area contributed by atoms with Crippen LogP contribution in [-0.2, 0) is 24.2 Å². The molecule has 0 heterocycles. The summed E-state index contributed by atoms with van der Waals surface area (Å²) in [5, 5.41) is 14.1. The predicted octanol–water partition coefficient (Wildman–Crippen LogP) is 6.05. The molecule has 40 heavy (non-hydrogen) atoms. The summed E-state index contributed by atoms with van der Waals surface area (Å²) < 4.78 is 11.3. The molecule has 4 aromatic carbocycles. The van der Waals surface area contributed by atoms with Crippen molar-refractivity contribution >= 4 is 12.1 Å². The van der Waals surface area contributed by atoms with Crippen molar-refractivity contribution in [1.29, 1.82) is 0 Å². The van der Waals surface area contributed by atoms with Crippen LogP contribution in [0.1, 0.15) is 35.3 Å². The van der Waals surface area contributed by atoms with E-state index in [1.165, 1.54) is 11.1 Å². The van der Waals surface area contributed by atoms with Gasteiger partial charge in [0.2, 0.25) is 6.41 Å². The highest BCUT2D eigenvalue weighted by atomic mass is 16.5. The molecule has 2 atom stereocenters. The first-order chi connectivity index (χ1) is 19.6. The van der Waals surface area contributed by atoms with E-state index in [9.17, 15) is 9.90 Å². The number of amides is 1. The maximum atomic E-state index is 11.3. The lowest BCUT2D eigenvalue weighted by Gasteiger charge is -2.31. The van der Waals surface area contributed by atoms with E-state index in [1.807, 2.05) is 60.7 Å². The lowest BCUT2D eigenvalue weighted by molar-refractivity contribution is -0.105. The molecular weight excluding hydrogens is 500 g/mol. The molecule has 4 rings (SSSR count). The first-order valence-corrected chi connectivity index (χ1v) is 13.7. The molecule has 4 aromatic rings. The standard InChI is InChI=1S/C34H38N2O4/c1-26(21-28-13-16-31(39-2)17-14-28)36(20-19-27-9-5-3-6-10-27)23-33(38)30-15-18-34(32(22-30)35-25-37)40-24-29-11-7-4-8-12-29/h3-18,22,25-26,33,38H,19-21,23-24H2,1-2H3,(H,35,37)/t26-,33+/m1/s1. The summed E-state index contributed by atoms with van der Waals surface area (Å²) in [7, 11) is 1.67. The molecule has 0 radical (unpaired) electrons. The number of ether oxygens (including phenoxy) is 2. The molecule has 0 saturated heterocycles. The van der Waals surface area contributed by atoms with Gasteiger partial charge in [-0.1, -0.05) is 78.9 Å². The third-order valence-electron chi connectivity index (χ3n) is 7.09. The molecule has 2 N–H and O–H groups in total. The highest BCUT2D eigenvalue weighted by Crippen LogP contribution is 2.30. The zero-order valence-corrected chi connectivity index (χ0v) is 23.2. The second-order valence-electron chi connectivity index (χ2n) is 9.94. The average molecular weight is 539 g/mol. The Morgan fingerprint density at radius 1 is 0.875 bits per heavy atom. The van der Waals surface area contributed by atoms with E-state index < -0.39 is 6.10 Å². The third-order valence-corrected chi connectivity index (χ3v) is 7.09. The zero-order valence-electron chi connectivity index (χ0n) is 23.2. The lowest BCUT2D eigenvalue weighted by atomic mass is 10.0. The van der Waals surface area contributed by atoms with Gasteiger partial charge in [-0.05, 0) is 66.3 Å². The van der Waals surface area contributed by atoms with Gasteiger partial charge in [-0.3, -0.25) is 9.69 Å². The summed E-state index contributed by atoms with van der Waals surface area (Å²) in [5.74, 6) is 1.39. The summed E-state index contributed by atoms with van der Waals surface area (Å²) in [4.78, 5) is 13.7. The smallest absolute Gasteiger partial charge is 0.211 e. The molecule has 0 aliphatic rings. The largest absolute Gasteiger partial charge is 0.497 e. The minimum absolute atomic E-state index is 0.188. The summed E-state index contributed by atoms with van der Waals surface area (Å²) >= 11 is 0. The van der Waals surface area contributed by atoms with Gasteiger partial charge >= 0.3 is 0 Å². The van der Waals surface area contributed by atoms with Crippen LogP contribution in [0.2, 0.25) is 0 Å². The molecule has 0 bridgehead atoms. The van der Waals surface area contributed by atoms with E-state index >= 15 is 0 Å². The van der Waals surface area contributed by atoms with E-state index in [1.54, 1.807) is 13.2 Å². The Labute approximate surface area is 237 Å². The normalized spacial score (nSPS) is 12.5. The van der Waals surface area contributed by atoms with Crippen LogP contribution in [-0.4, -0.2) is 42.7 Å². The number of anilines is 1. The van der Waals surface area contributed by atoms with Crippen molar-refractivity contribution in [3.63, 3.8) is 0 Å². The van der Waals surface area contributed by atoms with Crippen molar-refractivity contribution in [3.8, 4) is 11.5 Å². The van der Waals surface area contributed by atoms with Crippen molar-refractivity contribution in [1.82, 2.24) is 4.90 Å². The minimum atomic E-state index is -0.746. The van der Waals surface area contributed by atoms with E-state index in [0.717, 1.165) is 36.3 Å².